The molecule has 0 amide bonds. The molecule has 1 atom stereocenters. The minimum absolute atomic E-state index is 0.623. The Bertz CT molecular complexity index is 627. The van der Waals surface area contributed by atoms with E-state index in [9.17, 15) is 0 Å². The van der Waals surface area contributed by atoms with Crippen LogP contribution in [0.25, 0.3) is 0 Å². The molecular weight excluding hydrogens is 374 g/mol. The van der Waals surface area contributed by atoms with Crippen molar-refractivity contribution < 1.29 is 4.74 Å². The maximum absolute atomic E-state index is 6.33. The third kappa shape index (κ3) is 6.00. The van der Waals surface area contributed by atoms with Crippen LogP contribution in [0.4, 0.5) is 5.69 Å². The lowest BCUT2D eigenvalue weighted by molar-refractivity contribution is 0.181. The largest absolute Gasteiger partial charge is 0.381 e. The molecule has 156 valence electrons. The molecule has 0 aromatic heterocycles. The Morgan fingerprint density at radius 1 is 1.29 bits per heavy atom. The normalized spacial score (nSPS) is 21.2. The summed E-state index contributed by atoms with van der Waals surface area (Å²) in [6, 6.07) is 8.13. The maximum atomic E-state index is 6.33. The van der Waals surface area contributed by atoms with Gasteiger partial charge in [0.2, 0.25) is 0 Å². The highest BCUT2D eigenvalue weighted by molar-refractivity contribution is 6.33. The molecule has 2 fully saturated rings. The topological polar surface area (TPSA) is 43.3 Å². The zero-order valence-electron chi connectivity index (χ0n) is 17.2. The van der Waals surface area contributed by atoms with Gasteiger partial charge in [0.15, 0.2) is 5.96 Å². The molecule has 2 aliphatic rings. The standard InChI is InChI=1S/C21H34ClN5O/c1-23-21(25(2)16-18-8-15-28-17-18)24-9-5-10-26-11-13-27(14-12-26)20-7-4-3-6-19(20)22/h3-4,6-7,18H,5,8-17H2,1-2H3,(H,23,24). The number of nitrogens with zero attached hydrogens (tertiary/aromatic N) is 4. The number of guanidine groups is 1. The lowest BCUT2D eigenvalue weighted by Crippen LogP contribution is -2.47. The van der Waals surface area contributed by atoms with Gasteiger partial charge in [-0.1, -0.05) is 23.7 Å². The fourth-order valence-corrected chi connectivity index (χ4v) is 4.26. The molecule has 3 rings (SSSR count). The Morgan fingerprint density at radius 3 is 2.75 bits per heavy atom. The number of aliphatic imine (C=N–C) groups is 1. The van der Waals surface area contributed by atoms with Gasteiger partial charge in [0.05, 0.1) is 17.3 Å². The summed E-state index contributed by atoms with van der Waals surface area (Å²) in [6.07, 6.45) is 2.27. The Kier molecular flexibility index (Phi) is 8.25. The van der Waals surface area contributed by atoms with E-state index in [2.05, 4.69) is 44.2 Å². The molecule has 0 aliphatic carbocycles. The second-order valence-corrected chi connectivity index (χ2v) is 8.12. The van der Waals surface area contributed by atoms with Crippen LogP contribution in [0.15, 0.2) is 29.3 Å². The lowest BCUT2D eigenvalue weighted by atomic mass is 10.1. The van der Waals surface area contributed by atoms with E-state index < -0.39 is 0 Å². The fourth-order valence-electron chi connectivity index (χ4n) is 4.01. The average molecular weight is 408 g/mol. The second kappa shape index (κ2) is 10.9. The third-order valence-electron chi connectivity index (χ3n) is 5.63. The molecular formula is C21H34ClN5O. The predicted molar refractivity (Wildman–Crippen MR) is 118 cm³/mol. The first kappa shape index (κ1) is 21.2. The molecule has 2 heterocycles. The number of hydrogen-bond donors (Lipinski definition) is 1. The highest BCUT2D eigenvalue weighted by atomic mass is 35.5. The summed E-state index contributed by atoms with van der Waals surface area (Å²) in [7, 11) is 3.97. The van der Waals surface area contributed by atoms with Crippen LogP contribution in [0.2, 0.25) is 5.02 Å². The van der Waals surface area contributed by atoms with E-state index in [-0.39, 0.29) is 0 Å². The number of nitrogens with one attached hydrogen (secondary N) is 1. The summed E-state index contributed by atoms with van der Waals surface area (Å²) in [4.78, 5) is 11.6. The van der Waals surface area contributed by atoms with Gasteiger partial charge in [-0.15, -0.1) is 0 Å². The molecule has 28 heavy (non-hydrogen) atoms. The number of halogens is 1. The summed E-state index contributed by atoms with van der Waals surface area (Å²) < 4.78 is 5.48. The van der Waals surface area contributed by atoms with Crippen LogP contribution in [0.3, 0.4) is 0 Å². The number of para-hydroxylation sites is 1. The quantitative estimate of drug-likeness (QED) is 0.427. The molecule has 2 aliphatic heterocycles. The molecule has 1 unspecified atom stereocenters. The Hall–Kier alpha value is -1.50. The predicted octanol–water partition coefficient (Wildman–Crippen LogP) is 2.40. The van der Waals surface area contributed by atoms with E-state index in [0.29, 0.717) is 5.92 Å². The van der Waals surface area contributed by atoms with Gasteiger partial charge in [0.25, 0.3) is 0 Å². The SMILES string of the molecule is CN=C(NCCCN1CCN(c2ccccc2Cl)CC1)N(C)CC1CCOC1. The molecule has 1 aromatic rings. The zero-order valence-corrected chi connectivity index (χ0v) is 18.0. The van der Waals surface area contributed by atoms with Crippen LogP contribution in [0, 0.1) is 5.92 Å². The number of hydrogen-bond acceptors (Lipinski definition) is 4. The number of anilines is 1. The lowest BCUT2D eigenvalue weighted by Gasteiger charge is -2.36. The van der Waals surface area contributed by atoms with Gasteiger partial charge in [0.1, 0.15) is 0 Å². The molecule has 6 nitrogen and oxygen atoms in total. The van der Waals surface area contributed by atoms with Crippen LogP contribution in [-0.4, -0.2) is 88.9 Å². The van der Waals surface area contributed by atoms with Gasteiger partial charge in [-0.25, -0.2) is 0 Å². The molecule has 0 bridgehead atoms. The van der Waals surface area contributed by atoms with Gasteiger partial charge in [0, 0.05) is 65.9 Å². The minimum Gasteiger partial charge on any atom is -0.381 e. The molecule has 0 saturated carbocycles. The maximum Gasteiger partial charge on any atom is 0.193 e. The van der Waals surface area contributed by atoms with Crippen molar-refractivity contribution in [2.75, 3.05) is 78.0 Å². The van der Waals surface area contributed by atoms with Crippen LogP contribution in [-0.2, 0) is 4.74 Å². The van der Waals surface area contributed by atoms with E-state index in [4.69, 9.17) is 16.3 Å². The molecule has 7 heteroatoms. The number of ether oxygens (including phenoxy) is 1. The first-order valence-electron chi connectivity index (χ1n) is 10.4. The van der Waals surface area contributed by atoms with Gasteiger partial charge < -0.3 is 19.9 Å². The molecule has 0 radical (unpaired) electrons. The van der Waals surface area contributed by atoms with Crippen molar-refractivity contribution in [1.29, 1.82) is 0 Å². The number of rotatable bonds is 7. The van der Waals surface area contributed by atoms with Crippen LogP contribution in [0.5, 0.6) is 0 Å². The highest BCUT2D eigenvalue weighted by Gasteiger charge is 2.20. The van der Waals surface area contributed by atoms with Crippen molar-refractivity contribution in [3.8, 4) is 0 Å². The van der Waals surface area contributed by atoms with Gasteiger partial charge in [-0.05, 0) is 31.5 Å². The Balaban J connectivity index is 1.32. The highest BCUT2D eigenvalue weighted by Crippen LogP contribution is 2.25. The van der Waals surface area contributed by atoms with E-state index in [0.717, 1.165) is 88.5 Å². The summed E-state index contributed by atoms with van der Waals surface area (Å²) in [5.41, 5.74) is 1.16. The van der Waals surface area contributed by atoms with E-state index in [1.54, 1.807) is 0 Å². The first-order valence-corrected chi connectivity index (χ1v) is 10.8. The van der Waals surface area contributed by atoms with Gasteiger partial charge in [-0.2, -0.15) is 0 Å². The minimum atomic E-state index is 0.623. The van der Waals surface area contributed by atoms with Crippen LogP contribution in [0.1, 0.15) is 12.8 Å². The van der Waals surface area contributed by atoms with Crippen molar-refractivity contribution in [3.63, 3.8) is 0 Å². The average Bonchev–Trinajstić information content (AvgIpc) is 3.22. The molecule has 1 N–H and O–H groups in total. The van der Waals surface area contributed by atoms with Crippen LogP contribution >= 0.6 is 11.6 Å². The van der Waals surface area contributed by atoms with E-state index >= 15 is 0 Å². The summed E-state index contributed by atoms with van der Waals surface area (Å²) >= 11 is 6.33. The van der Waals surface area contributed by atoms with Crippen molar-refractivity contribution in [2.45, 2.75) is 12.8 Å². The first-order chi connectivity index (χ1) is 13.7. The fraction of sp³-hybridized carbons (Fsp3) is 0.667. The summed E-state index contributed by atoms with van der Waals surface area (Å²) in [5.74, 6) is 1.61. The number of benzene rings is 1. The Morgan fingerprint density at radius 2 is 2.07 bits per heavy atom. The summed E-state index contributed by atoms with van der Waals surface area (Å²) in [6.45, 7) is 9.07. The van der Waals surface area contributed by atoms with Crippen molar-refractivity contribution >= 4 is 23.2 Å². The molecule has 2 saturated heterocycles. The molecule has 1 aromatic carbocycles. The third-order valence-corrected chi connectivity index (χ3v) is 5.95. The van der Waals surface area contributed by atoms with Gasteiger partial charge in [-0.3, -0.25) is 9.89 Å². The number of piperazine rings is 1. The van der Waals surface area contributed by atoms with Gasteiger partial charge >= 0.3 is 0 Å². The van der Waals surface area contributed by atoms with Crippen LogP contribution < -0.4 is 10.2 Å². The smallest absolute Gasteiger partial charge is 0.193 e. The Labute approximate surface area is 174 Å². The second-order valence-electron chi connectivity index (χ2n) is 7.72. The van der Waals surface area contributed by atoms with E-state index in [1.807, 2.05) is 19.2 Å². The van der Waals surface area contributed by atoms with E-state index in [1.165, 1.54) is 0 Å². The molecule has 0 spiro atoms. The van der Waals surface area contributed by atoms with Crippen molar-refractivity contribution in [1.82, 2.24) is 15.1 Å². The monoisotopic (exact) mass is 407 g/mol. The van der Waals surface area contributed by atoms with Crippen molar-refractivity contribution in [3.05, 3.63) is 29.3 Å². The van der Waals surface area contributed by atoms with Crippen molar-refractivity contribution in [2.24, 2.45) is 10.9 Å². The summed E-state index contributed by atoms with van der Waals surface area (Å²) in [5, 5.41) is 4.35. The zero-order chi connectivity index (χ0) is 19.8.